The van der Waals surface area contributed by atoms with E-state index in [9.17, 15) is 36.4 Å². The van der Waals surface area contributed by atoms with Crippen LogP contribution in [0.3, 0.4) is 0 Å². The SMILES string of the molecule is CCC1(C(=O)NS(=O)(=O)C2CC2)CC=CCCCCCC(CC(=O)N2CCCC(F)(F)C2)C(=O)N2CC(Oc3cc(-c4nc(C(C)C)cs4)nc4c(C)c(OC)ccc34)CC2C(=O)N1. The van der Waals surface area contributed by atoms with Gasteiger partial charge in [-0.3, -0.25) is 23.9 Å². The molecule has 0 bridgehead atoms. The summed E-state index contributed by atoms with van der Waals surface area (Å²) < 4.78 is 69.9. The summed E-state index contributed by atoms with van der Waals surface area (Å²) in [5.41, 5.74) is 1.17. The lowest BCUT2D eigenvalue weighted by atomic mass is 9.90. The highest BCUT2D eigenvalue weighted by molar-refractivity contribution is 7.91. The molecule has 4 unspecified atom stereocenters. The number of carbonyl (C=O) groups excluding carboxylic acids is 4. The number of fused-ring (bicyclic) bond motifs is 2. The van der Waals surface area contributed by atoms with Crippen LogP contribution >= 0.6 is 11.3 Å². The molecule has 2 aromatic heterocycles. The number of piperidine rings is 1. The molecular weight excluding hydrogens is 867 g/mol. The number of alkyl halides is 2. The van der Waals surface area contributed by atoms with Gasteiger partial charge < -0.3 is 24.6 Å². The number of sulfonamides is 1. The van der Waals surface area contributed by atoms with Crippen LogP contribution in [0.4, 0.5) is 8.78 Å². The van der Waals surface area contributed by atoms with E-state index in [-0.39, 0.29) is 57.5 Å². The zero-order chi connectivity index (χ0) is 46.0. The van der Waals surface area contributed by atoms with Gasteiger partial charge >= 0.3 is 0 Å². The molecule has 1 aromatic carbocycles. The first kappa shape index (κ1) is 47.3. The third-order valence-electron chi connectivity index (χ3n) is 13.0. The van der Waals surface area contributed by atoms with E-state index in [1.54, 1.807) is 26.2 Å². The minimum Gasteiger partial charge on any atom is -0.496 e. The monoisotopic (exact) mass is 926 g/mol. The van der Waals surface area contributed by atoms with E-state index in [4.69, 9.17) is 19.4 Å². The van der Waals surface area contributed by atoms with Crippen molar-refractivity contribution in [1.82, 2.24) is 29.8 Å². The molecular formula is C46H60F2N6O8S2. The zero-order valence-electron chi connectivity index (χ0n) is 37.3. The van der Waals surface area contributed by atoms with E-state index in [0.717, 1.165) is 22.6 Å². The van der Waals surface area contributed by atoms with Gasteiger partial charge in [-0.05, 0) is 76.3 Å². The Bertz CT molecular complexity index is 2390. The highest BCUT2D eigenvalue weighted by Gasteiger charge is 2.49. The lowest BCUT2D eigenvalue weighted by Crippen LogP contribution is -2.62. The number of aryl methyl sites for hydroxylation is 1. The number of hydrogen-bond acceptors (Lipinski definition) is 11. The number of hydrogen-bond donors (Lipinski definition) is 2. The minimum atomic E-state index is -3.98. The van der Waals surface area contributed by atoms with Crippen LogP contribution in [-0.2, 0) is 29.2 Å². The topological polar surface area (TPSA) is 177 Å². The molecule has 2 N–H and O–H groups in total. The lowest BCUT2D eigenvalue weighted by molar-refractivity contribution is -0.149. The summed E-state index contributed by atoms with van der Waals surface area (Å²) in [5, 5.41) is 5.56. The smallest absolute Gasteiger partial charge is 0.265 e. The number of amides is 4. The Balaban J connectivity index is 1.26. The maximum absolute atomic E-state index is 15.0. The molecule has 348 valence electrons. The van der Waals surface area contributed by atoms with Crippen molar-refractivity contribution in [3.8, 4) is 22.2 Å². The van der Waals surface area contributed by atoms with Gasteiger partial charge in [-0.25, -0.2) is 27.2 Å². The molecule has 0 radical (unpaired) electrons. The molecule has 14 nitrogen and oxygen atoms in total. The van der Waals surface area contributed by atoms with Gasteiger partial charge in [-0.15, -0.1) is 11.3 Å². The number of thiazole rings is 1. The number of ether oxygens (including phenoxy) is 2. The Kier molecular flexibility index (Phi) is 14.3. The van der Waals surface area contributed by atoms with Gasteiger partial charge in [0.15, 0.2) is 0 Å². The standard InChI is InChI=1S/C46H60F2N6O8S2/c1-6-45(44(58)52-64(59,60)32-15-16-32)19-12-10-8-7-9-11-14-30(22-39(55)53-21-13-20-46(47,48)27-53)43(57)54-25-31(23-36(54)41(56)51-45)62-38-24-34(42-50-35(26-63-42)28(2)3)49-40-29(4)37(61-5)18-17-33(38)40/h10,12,17-18,24,26,28,30-32,36H,6-9,11,13-16,19-23,25,27H2,1-5H3,(H,51,56)(H,52,58). The molecule has 3 aromatic rings. The Morgan fingerprint density at radius 1 is 1.06 bits per heavy atom. The average Bonchev–Trinajstić information content (AvgIpc) is 3.86. The van der Waals surface area contributed by atoms with Crippen LogP contribution in [-0.4, -0.2) is 107 Å². The van der Waals surface area contributed by atoms with E-state index in [1.807, 2.05) is 30.5 Å². The molecule has 1 saturated carbocycles. The van der Waals surface area contributed by atoms with Crippen molar-refractivity contribution in [1.29, 1.82) is 0 Å². The van der Waals surface area contributed by atoms with Crippen LogP contribution in [0.25, 0.3) is 21.6 Å². The Morgan fingerprint density at radius 2 is 1.84 bits per heavy atom. The lowest BCUT2D eigenvalue weighted by Gasteiger charge is -2.35. The fourth-order valence-corrected chi connectivity index (χ4v) is 11.2. The molecule has 4 atom stereocenters. The number of carbonyl (C=O) groups is 4. The van der Waals surface area contributed by atoms with Gasteiger partial charge in [-0.1, -0.05) is 45.8 Å². The Morgan fingerprint density at radius 3 is 2.53 bits per heavy atom. The number of halogens is 2. The van der Waals surface area contributed by atoms with Crippen molar-refractivity contribution in [3.63, 3.8) is 0 Å². The predicted octanol–water partition coefficient (Wildman–Crippen LogP) is 7.19. The molecule has 1 aliphatic carbocycles. The molecule has 3 aliphatic heterocycles. The van der Waals surface area contributed by atoms with Crippen molar-refractivity contribution in [2.45, 2.75) is 146 Å². The molecule has 2 saturated heterocycles. The summed E-state index contributed by atoms with van der Waals surface area (Å²) in [6, 6.07) is 4.24. The fourth-order valence-electron chi connectivity index (χ4n) is 8.93. The zero-order valence-corrected chi connectivity index (χ0v) is 38.9. The molecule has 4 aliphatic rings. The number of pyridine rings is 1. The highest BCUT2D eigenvalue weighted by atomic mass is 32.2. The van der Waals surface area contributed by atoms with Crippen molar-refractivity contribution < 1.29 is 45.9 Å². The number of nitrogens with zero attached hydrogens (tertiary/aromatic N) is 4. The van der Waals surface area contributed by atoms with E-state index in [2.05, 4.69) is 23.9 Å². The number of allylic oxidation sites excluding steroid dienone is 1. The number of nitrogens with one attached hydrogen (secondary N) is 2. The normalized spacial score (nSPS) is 24.8. The Hall–Kier alpha value is -4.71. The summed E-state index contributed by atoms with van der Waals surface area (Å²) in [7, 11) is -2.41. The van der Waals surface area contributed by atoms with Gasteiger partial charge in [-0.2, -0.15) is 0 Å². The third-order valence-corrected chi connectivity index (χ3v) is 15.7. The van der Waals surface area contributed by atoms with E-state index in [0.29, 0.717) is 71.6 Å². The highest BCUT2D eigenvalue weighted by Crippen LogP contribution is 2.39. The maximum atomic E-state index is 15.0. The quantitative estimate of drug-likeness (QED) is 0.187. The molecule has 5 heterocycles. The molecule has 7 rings (SSSR count). The first-order valence-corrected chi connectivity index (χ1v) is 25.0. The summed E-state index contributed by atoms with van der Waals surface area (Å²) >= 11 is 1.45. The number of benzene rings is 1. The predicted molar refractivity (Wildman–Crippen MR) is 240 cm³/mol. The van der Waals surface area contributed by atoms with Gasteiger partial charge in [0.1, 0.15) is 39.9 Å². The van der Waals surface area contributed by atoms with Gasteiger partial charge in [0.25, 0.3) is 11.8 Å². The summed E-state index contributed by atoms with van der Waals surface area (Å²) in [6.45, 7) is 7.07. The van der Waals surface area contributed by atoms with Crippen LogP contribution in [0.15, 0.2) is 35.7 Å². The number of likely N-dealkylation sites (tertiary alicyclic amines) is 1. The van der Waals surface area contributed by atoms with Crippen molar-refractivity contribution >= 4 is 55.9 Å². The van der Waals surface area contributed by atoms with Crippen LogP contribution in [0.5, 0.6) is 11.5 Å². The van der Waals surface area contributed by atoms with Gasteiger partial charge in [0.05, 0.1) is 36.7 Å². The van der Waals surface area contributed by atoms with Crippen molar-refractivity contribution in [2.75, 3.05) is 26.7 Å². The second-order valence-corrected chi connectivity index (χ2v) is 20.9. The first-order chi connectivity index (χ1) is 30.4. The van der Waals surface area contributed by atoms with E-state index < -0.39 is 75.0 Å². The van der Waals surface area contributed by atoms with Crippen LogP contribution in [0.1, 0.15) is 121 Å². The van der Waals surface area contributed by atoms with E-state index in [1.165, 1.54) is 16.2 Å². The fraction of sp³-hybridized carbons (Fsp3) is 0.609. The second kappa shape index (κ2) is 19.4. The first-order valence-electron chi connectivity index (χ1n) is 22.5. The summed E-state index contributed by atoms with van der Waals surface area (Å²) in [6.07, 6.45) is 6.24. The van der Waals surface area contributed by atoms with Crippen molar-refractivity contribution in [3.05, 3.63) is 47.0 Å². The number of methoxy groups -OCH3 is 1. The molecule has 3 fully saturated rings. The van der Waals surface area contributed by atoms with Crippen molar-refractivity contribution in [2.24, 2.45) is 5.92 Å². The molecule has 64 heavy (non-hydrogen) atoms. The van der Waals surface area contributed by atoms with Crippen LogP contribution in [0.2, 0.25) is 0 Å². The maximum Gasteiger partial charge on any atom is 0.265 e. The third kappa shape index (κ3) is 10.5. The number of rotatable bonds is 11. The van der Waals surface area contributed by atoms with Crippen LogP contribution in [0, 0.1) is 12.8 Å². The second-order valence-electron chi connectivity index (χ2n) is 18.1. The Labute approximate surface area is 378 Å². The van der Waals surface area contributed by atoms with Gasteiger partial charge in [0.2, 0.25) is 27.7 Å². The molecule has 4 amide bonds. The van der Waals surface area contributed by atoms with Gasteiger partial charge in [0, 0.05) is 54.1 Å². The molecule has 18 heteroatoms. The summed E-state index contributed by atoms with van der Waals surface area (Å²) in [4.78, 5) is 70.0. The van der Waals surface area contributed by atoms with Crippen LogP contribution < -0.4 is 19.5 Å². The number of aromatic nitrogens is 2. The average molecular weight is 927 g/mol. The van der Waals surface area contributed by atoms with E-state index >= 15 is 0 Å². The minimum absolute atomic E-state index is 0.00330. The largest absolute Gasteiger partial charge is 0.496 e. The molecule has 0 spiro atoms. The summed E-state index contributed by atoms with van der Waals surface area (Å²) in [5.74, 6) is -5.30.